The molecule has 1 saturated carbocycles. The minimum absolute atomic E-state index is 0.208. The zero-order valence-electron chi connectivity index (χ0n) is 8.61. The molecule has 1 nitrogen and oxygen atoms in total. The van der Waals surface area contributed by atoms with Crippen molar-refractivity contribution in [1.82, 2.24) is 0 Å². The first-order valence-corrected chi connectivity index (χ1v) is 5.02. The van der Waals surface area contributed by atoms with Crippen LogP contribution in [-0.2, 0) is 4.74 Å². The monoisotopic (exact) mass is 268 g/mol. The summed E-state index contributed by atoms with van der Waals surface area (Å²) in [5.41, 5.74) is 0. The molecular formula is C9H11F7O. The fourth-order valence-electron chi connectivity index (χ4n) is 1.94. The lowest BCUT2D eigenvalue weighted by Crippen LogP contribution is -2.45. The van der Waals surface area contributed by atoms with Gasteiger partial charge in [-0.25, -0.2) is 0 Å². The van der Waals surface area contributed by atoms with E-state index in [1.165, 1.54) is 0 Å². The third kappa shape index (κ3) is 3.46. The van der Waals surface area contributed by atoms with Crippen LogP contribution >= 0.6 is 0 Å². The Balaban J connectivity index is 2.52. The molecule has 0 amide bonds. The Kier molecular flexibility index (Phi) is 4.27. The molecule has 0 atom stereocenters. The van der Waals surface area contributed by atoms with E-state index in [0.717, 1.165) is 0 Å². The number of hydrogen-bond donors (Lipinski definition) is 0. The third-order valence-electron chi connectivity index (χ3n) is 2.86. The smallest absolute Gasteiger partial charge is 0.320 e. The molecule has 1 aliphatic rings. The number of alkyl halides is 7. The van der Waals surface area contributed by atoms with Crippen molar-refractivity contribution in [3.63, 3.8) is 0 Å². The Hall–Kier alpha value is -0.530. The second-order valence-electron chi connectivity index (χ2n) is 3.99. The molecule has 17 heavy (non-hydrogen) atoms. The van der Waals surface area contributed by atoms with Gasteiger partial charge >= 0.3 is 18.7 Å². The van der Waals surface area contributed by atoms with Crippen molar-refractivity contribution in [3.8, 4) is 0 Å². The zero-order chi connectivity index (χ0) is 13.3. The molecule has 1 aliphatic carbocycles. The second-order valence-corrected chi connectivity index (χ2v) is 3.99. The lowest BCUT2D eigenvalue weighted by Gasteiger charge is -2.34. The summed E-state index contributed by atoms with van der Waals surface area (Å²) in [6.07, 6.45) is -7.88. The third-order valence-corrected chi connectivity index (χ3v) is 2.86. The number of ether oxygens (including phenoxy) is 1. The Morgan fingerprint density at radius 1 is 0.882 bits per heavy atom. The summed E-state index contributed by atoms with van der Waals surface area (Å²) in [7, 11) is 0. The molecule has 1 rings (SSSR count). The molecule has 0 aliphatic heterocycles. The van der Waals surface area contributed by atoms with Gasteiger partial charge in [0.1, 0.15) is 0 Å². The maximum absolute atomic E-state index is 12.9. The van der Waals surface area contributed by atoms with Gasteiger partial charge in [-0.2, -0.15) is 30.7 Å². The van der Waals surface area contributed by atoms with Crippen molar-refractivity contribution in [1.29, 1.82) is 0 Å². The normalized spacial score (nSPS) is 27.5. The predicted molar refractivity (Wildman–Crippen MR) is 43.8 cm³/mol. The largest absolute Gasteiger partial charge is 0.453 e. The average molecular weight is 268 g/mol. The average Bonchev–Trinajstić information content (AvgIpc) is 2.15. The number of hydrogen-bond acceptors (Lipinski definition) is 1. The lowest BCUT2D eigenvalue weighted by atomic mass is 9.83. The summed E-state index contributed by atoms with van der Waals surface area (Å²) in [5.74, 6) is -6.61. The molecule has 0 bridgehead atoms. The van der Waals surface area contributed by atoms with Gasteiger partial charge in [0.05, 0.1) is 6.10 Å². The maximum Gasteiger partial charge on any atom is 0.453 e. The van der Waals surface area contributed by atoms with Crippen molar-refractivity contribution < 1.29 is 35.5 Å². The first-order chi connectivity index (χ1) is 7.64. The second kappa shape index (κ2) is 4.99. The highest BCUT2D eigenvalue weighted by Gasteiger charge is 2.62. The number of halogens is 7. The van der Waals surface area contributed by atoms with Crippen molar-refractivity contribution in [3.05, 3.63) is 0 Å². The number of rotatable bonds is 3. The van der Waals surface area contributed by atoms with Crippen LogP contribution < -0.4 is 0 Å². The van der Waals surface area contributed by atoms with Crippen LogP contribution in [0, 0.1) is 5.92 Å². The molecule has 0 heterocycles. The first-order valence-electron chi connectivity index (χ1n) is 5.02. The minimum Gasteiger partial charge on any atom is -0.320 e. The van der Waals surface area contributed by atoms with Gasteiger partial charge in [-0.1, -0.05) is 0 Å². The Bertz CT molecular complexity index is 242. The van der Waals surface area contributed by atoms with Crippen molar-refractivity contribution in [2.24, 2.45) is 5.92 Å². The molecule has 0 radical (unpaired) electrons. The summed E-state index contributed by atoms with van der Waals surface area (Å²) in [4.78, 5) is 0. The highest BCUT2D eigenvalue weighted by atomic mass is 19.4. The molecule has 0 saturated heterocycles. The molecular weight excluding hydrogens is 257 g/mol. The molecule has 102 valence electrons. The van der Waals surface area contributed by atoms with Crippen LogP contribution in [0.2, 0.25) is 0 Å². The fraction of sp³-hybridized carbons (Fsp3) is 1.00. The van der Waals surface area contributed by atoms with E-state index in [0.29, 0.717) is 0 Å². The van der Waals surface area contributed by atoms with Gasteiger partial charge in [0.25, 0.3) is 0 Å². The predicted octanol–water partition coefficient (Wildman–Crippen LogP) is 3.98. The van der Waals surface area contributed by atoms with Crippen LogP contribution in [0.25, 0.3) is 0 Å². The van der Waals surface area contributed by atoms with E-state index in [1.807, 2.05) is 0 Å². The summed E-state index contributed by atoms with van der Waals surface area (Å²) in [6.45, 7) is -3.03. The van der Waals surface area contributed by atoms with Crippen LogP contribution in [0.5, 0.6) is 0 Å². The molecule has 0 N–H and O–H groups in total. The van der Waals surface area contributed by atoms with Gasteiger partial charge in [0.15, 0.2) is 0 Å². The van der Waals surface area contributed by atoms with E-state index in [2.05, 4.69) is 4.74 Å². The van der Waals surface area contributed by atoms with Crippen LogP contribution in [-0.4, -0.2) is 24.8 Å². The molecule has 1 fully saturated rings. The van der Waals surface area contributed by atoms with Gasteiger partial charge in [0.2, 0.25) is 0 Å². The topological polar surface area (TPSA) is 9.23 Å². The highest BCUT2D eigenvalue weighted by Crippen LogP contribution is 2.47. The van der Waals surface area contributed by atoms with Gasteiger partial charge in [0, 0.05) is 5.92 Å². The van der Waals surface area contributed by atoms with E-state index in [4.69, 9.17) is 0 Å². The van der Waals surface area contributed by atoms with Crippen LogP contribution in [0.3, 0.4) is 0 Å². The van der Waals surface area contributed by atoms with Crippen LogP contribution in [0.1, 0.15) is 25.7 Å². The standard InChI is InChI=1S/C9H11F7O/c10-7(11)17-6-3-1-5(2-4-6)8(12,13)9(14,15)16/h5-7H,1-4H2. The van der Waals surface area contributed by atoms with Crippen LogP contribution in [0.4, 0.5) is 30.7 Å². The minimum atomic E-state index is -5.59. The van der Waals surface area contributed by atoms with Gasteiger partial charge in [-0.05, 0) is 25.7 Å². The van der Waals surface area contributed by atoms with E-state index in [1.54, 1.807) is 0 Å². The van der Waals surface area contributed by atoms with E-state index in [-0.39, 0.29) is 12.8 Å². The molecule has 8 heteroatoms. The first kappa shape index (κ1) is 14.5. The molecule has 0 unspecified atom stereocenters. The van der Waals surface area contributed by atoms with Gasteiger partial charge in [-0.3, -0.25) is 0 Å². The molecule has 0 aromatic rings. The Labute approximate surface area is 92.9 Å². The maximum atomic E-state index is 12.9. The van der Waals surface area contributed by atoms with E-state index < -0.39 is 43.6 Å². The fourth-order valence-corrected chi connectivity index (χ4v) is 1.94. The van der Waals surface area contributed by atoms with Crippen molar-refractivity contribution in [2.75, 3.05) is 0 Å². The molecule has 0 aromatic carbocycles. The zero-order valence-corrected chi connectivity index (χ0v) is 8.61. The lowest BCUT2D eigenvalue weighted by molar-refractivity contribution is -0.308. The van der Waals surface area contributed by atoms with Crippen LogP contribution in [0.15, 0.2) is 0 Å². The summed E-state index contributed by atoms with van der Waals surface area (Å²) in [5, 5.41) is 0. The molecule has 0 spiro atoms. The van der Waals surface area contributed by atoms with Gasteiger partial charge < -0.3 is 4.74 Å². The van der Waals surface area contributed by atoms with Crippen molar-refractivity contribution >= 4 is 0 Å². The molecule has 0 aromatic heterocycles. The summed E-state index contributed by atoms with van der Waals surface area (Å²) >= 11 is 0. The van der Waals surface area contributed by atoms with E-state index >= 15 is 0 Å². The highest BCUT2D eigenvalue weighted by molar-refractivity contribution is 4.88. The summed E-state index contributed by atoms with van der Waals surface area (Å²) < 4.78 is 89.5. The summed E-state index contributed by atoms with van der Waals surface area (Å²) in [6, 6.07) is 0. The Morgan fingerprint density at radius 3 is 1.71 bits per heavy atom. The Morgan fingerprint density at radius 2 is 1.35 bits per heavy atom. The van der Waals surface area contributed by atoms with E-state index in [9.17, 15) is 30.7 Å². The quantitative estimate of drug-likeness (QED) is 0.703. The van der Waals surface area contributed by atoms with Crippen molar-refractivity contribution in [2.45, 2.75) is 50.5 Å². The SMILES string of the molecule is FC(F)OC1CCC(C(F)(F)C(F)(F)F)CC1. The van der Waals surface area contributed by atoms with Gasteiger partial charge in [-0.15, -0.1) is 0 Å².